The second-order valence-corrected chi connectivity index (χ2v) is 4.21. The SMILES string of the molecule is Cc1csc(SCCC#N)n1. The Kier molecular flexibility index (Phi) is 3.40. The minimum absolute atomic E-state index is 0.600. The number of hydrogen-bond donors (Lipinski definition) is 0. The van der Waals surface area contributed by atoms with Gasteiger partial charge in [-0.1, -0.05) is 11.8 Å². The fourth-order valence-electron chi connectivity index (χ4n) is 0.583. The molecular weight excluding hydrogens is 176 g/mol. The van der Waals surface area contributed by atoms with Crippen LogP contribution in [0.25, 0.3) is 0 Å². The first-order valence-electron chi connectivity index (χ1n) is 3.25. The Balaban J connectivity index is 2.34. The third kappa shape index (κ3) is 2.91. The Morgan fingerprint density at radius 1 is 1.82 bits per heavy atom. The second-order valence-electron chi connectivity index (χ2n) is 2.01. The Morgan fingerprint density at radius 3 is 3.18 bits per heavy atom. The Bertz CT molecular complexity index is 262. The van der Waals surface area contributed by atoms with E-state index < -0.39 is 0 Å². The lowest BCUT2D eigenvalue weighted by Gasteiger charge is -1.88. The maximum absolute atomic E-state index is 8.27. The van der Waals surface area contributed by atoms with Crippen molar-refractivity contribution >= 4 is 23.1 Å². The van der Waals surface area contributed by atoms with Crippen molar-refractivity contribution in [3.8, 4) is 6.07 Å². The predicted molar refractivity (Wildman–Crippen MR) is 47.8 cm³/mol. The highest BCUT2D eigenvalue weighted by molar-refractivity contribution is 8.01. The zero-order valence-corrected chi connectivity index (χ0v) is 7.84. The molecule has 0 N–H and O–H groups in total. The van der Waals surface area contributed by atoms with Crippen molar-refractivity contribution in [2.75, 3.05) is 5.75 Å². The van der Waals surface area contributed by atoms with E-state index >= 15 is 0 Å². The minimum atomic E-state index is 0.600. The standard InChI is InChI=1S/C7H8N2S2/c1-6-5-11-7(9-6)10-4-2-3-8/h5H,2,4H2,1H3. The van der Waals surface area contributed by atoms with E-state index in [1.54, 1.807) is 23.1 Å². The number of thioether (sulfide) groups is 1. The summed E-state index contributed by atoms with van der Waals surface area (Å²) in [7, 11) is 0. The molecule has 0 spiro atoms. The van der Waals surface area contributed by atoms with Gasteiger partial charge in [0.25, 0.3) is 0 Å². The van der Waals surface area contributed by atoms with E-state index in [-0.39, 0.29) is 0 Å². The maximum Gasteiger partial charge on any atom is 0.150 e. The Labute approximate surface area is 74.3 Å². The molecule has 0 fully saturated rings. The van der Waals surface area contributed by atoms with Crippen LogP contribution >= 0.6 is 23.1 Å². The van der Waals surface area contributed by atoms with E-state index in [0.29, 0.717) is 6.42 Å². The van der Waals surface area contributed by atoms with E-state index in [1.807, 2.05) is 12.3 Å². The normalized spacial score (nSPS) is 9.45. The van der Waals surface area contributed by atoms with Gasteiger partial charge in [0.15, 0.2) is 0 Å². The number of thiazole rings is 1. The molecule has 1 aromatic heterocycles. The van der Waals surface area contributed by atoms with Crippen molar-refractivity contribution in [2.24, 2.45) is 0 Å². The minimum Gasteiger partial charge on any atom is -0.235 e. The zero-order valence-electron chi connectivity index (χ0n) is 6.20. The van der Waals surface area contributed by atoms with Gasteiger partial charge in [-0.05, 0) is 6.92 Å². The second kappa shape index (κ2) is 4.37. The van der Waals surface area contributed by atoms with Gasteiger partial charge in [0, 0.05) is 23.2 Å². The van der Waals surface area contributed by atoms with E-state index in [1.165, 1.54) is 0 Å². The first-order valence-corrected chi connectivity index (χ1v) is 5.11. The summed E-state index contributed by atoms with van der Waals surface area (Å²) in [4.78, 5) is 4.25. The molecule has 0 aliphatic rings. The number of nitrogens with zero attached hydrogens (tertiary/aromatic N) is 2. The molecule has 1 heterocycles. The fourth-order valence-corrected chi connectivity index (χ4v) is 2.35. The number of aromatic nitrogens is 1. The van der Waals surface area contributed by atoms with Crippen LogP contribution < -0.4 is 0 Å². The molecule has 0 aliphatic heterocycles. The molecule has 0 bridgehead atoms. The first-order chi connectivity index (χ1) is 5.33. The molecule has 0 saturated heterocycles. The molecule has 0 amide bonds. The molecule has 2 nitrogen and oxygen atoms in total. The quantitative estimate of drug-likeness (QED) is 0.535. The molecule has 0 radical (unpaired) electrons. The van der Waals surface area contributed by atoms with Crippen LogP contribution in [0.4, 0.5) is 0 Å². The van der Waals surface area contributed by atoms with Gasteiger partial charge in [-0.3, -0.25) is 0 Å². The van der Waals surface area contributed by atoms with Gasteiger partial charge in [-0.25, -0.2) is 4.98 Å². The molecule has 11 heavy (non-hydrogen) atoms. The van der Waals surface area contributed by atoms with Crippen molar-refractivity contribution in [3.05, 3.63) is 11.1 Å². The van der Waals surface area contributed by atoms with Gasteiger partial charge in [-0.2, -0.15) is 5.26 Å². The first kappa shape index (κ1) is 8.57. The topological polar surface area (TPSA) is 36.7 Å². The molecule has 0 saturated carbocycles. The summed E-state index contributed by atoms with van der Waals surface area (Å²) >= 11 is 3.29. The number of hydrogen-bond acceptors (Lipinski definition) is 4. The van der Waals surface area contributed by atoms with Crippen molar-refractivity contribution in [3.63, 3.8) is 0 Å². The molecule has 1 rings (SSSR count). The van der Waals surface area contributed by atoms with Crippen LogP contribution in [0.1, 0.15) is 12.1 Å². The monoisotopic (exact) mass is 184 g/mol. The summed E-state index contributed by atoms with van der Waals surface area (Å²) in [5.41, 5.74) is 1.06. The number of nitriles is 1. The molecule has 1 aromatic rings. The van der Waals surface area contributed by atoms with E-state index in [2.05, 4.69) is 11.1 Å². The molecule has 0 aliphatic carbocycles. The molecule has 0 atom stereocenters. The lowest BCUT2D eigenvalue weighted by molar-refractivity contribution is 1.15. The van der Waals surface area contributed by atoms with E-state index in [0.717, 1.165) is 15.8 Å². The van der Waals surface area contributed by atoms with Crippen LogP contribution in [-0.4, -0.2) is 10.7 Å². The largest absolute Gasteiger partial charge is 0.235 e. The van der Waals surface area contributed by atoms with Gasteiger partial charge in [0.05, 0.1) is 6.07 Å². The lowest BCUT2D eigenvalue weighted by Crippen LogP contribution is -1.75. The van der Waals surface area contributed by atoms with Gasteiger partial charge < -0.3 is 0 Å². The third-order valence-electron chi connectivity index (χ3n) is 1.04. The van der Waals surface area contributed by atoms with Gasteiger partial charge in [0.2, 0.25) is 0 Å². The van der Waals surface area contributed by atoms with Crippen LogP contribution in [0.5, 0.6) is 0 Å². The van der Waals surface area contributed by atoms with Crippen molar-refractivity contribution in [2.45, 2.75) is 17.7 Å². The van der Waals surface area contributed by atoms with Crippen LogP contribution in [0.15, 0.2) is 9.72 Å². The van der Waals surface area contributed by atoms with E-state index in [9.17, 15) is 0 Å². The highest BCUT2D eigenvalue weighted by atomic mass is 32.2. The lowest BCUT2D eigenvalue weighted by atomic mass is 10.6. The smallest absolute Gasteiger partial charge is 0.150 e. The number of rotatable bonds is 3. The zero-order chi connectivity index (χ0) is 8.10. The average Bonchev–Trinajstić information content (AvgIpc) is 2.37. The fraction of sp³-hybridized carbons (Fsp3) is 0.429. The molecular formula is C7H8N2S2. The summed E-state index contributed by atoms with van der Waals surface area (Å²) in [6.45, 7) is 1.98. The highest BCUT2D eigenvalue weighted by Gasteiger charge is 1.97. The summed E-state index contributed by atoms with van der Waals surface area (Å²) in [5.74, 6) is 0.851. The average molecular weight is 184 g/mol. The summed E-state index contributed by atoms with van der Waals surface area (Å²) in [5, 5.41) is 10.3. The maximum atomic E-state index is 8.27. The van der Waals surface area contributed by atoms with Crippen LogP contribution in [0.2, 0.25) is 0 Å². The van der Waals surface area contributed by atoms with Crippen LogP contribution in [-0.2, 0) is 0 Å². The summed E-state index contributed by atoms with van der Waals surface area (Å²) in [6.07, 6.45) is 0.600. The van der Waals surface area contributed by atoms with Gasteiger partial charge in [-0.15, -0.1) is 11.3 Å². The highest BCUT2D eigenvalue weighted by Crippen LogP contribution is 2.22. The summed E-state index contributed by atoms with van der Waals surface area (Å²) < 4.78 is 1.07. The van der Waals surface area contributed by atoms with Crippen molar-refractivity contribution < 1.29 is 0 Å². The molecule has 0 unspecified atom stereocenters. The Morgan fingerprint density at radius 2 is 2.64 bits per heavy atom. The van der Waals surface area contributed by atoms with E-state index in [4.69, 9.17) is 5.26 Å². The third-order valence-corrected chi connectivity index (χ3v) is 3.18. The van der Waals surface area contributed by atoms with Gasteiger partial charge in [0.1, 0.15) is 4.34 Å². The molecule has 4 heteroatoms. The molecule has 0 aromatic carbocycles. The van der Waals surface area contributed by atoms with Gasteiger partial charge >= 0.3 is 0 Å². The van der Waals surface area contributed by atoms with Crippen LogP contribution in [0.3, 0.4) is 0 Å². The van der Waals surface area contributed by atoms with Crippen LogP contribution in [0, 0.1) is 18.3 Å². The Hall–Kier alpha value is -0.530. The van der Waals surface area contributed by atoms with Crippen molar-refractivity contribution in [1.82, 2.24) is 4.98 Å². The number of aryl methyl sites for hydroxylation is 1. The summed E-state index contributed by atoms with van der Waals surface area (Å²) in [6, 6.07) is 2.10. The predicted octanol–water partition coefficient (Wildman–Crippen LogP) is 2.46. The molecule has 58 valence electrons. The van der Waals surface area contributed by atoms with Crippen molar-refractivity contribution in [1.29, 1.82) is 5.26 Å².